The van der Waals surface area contributed by atoms with Crippen LogP contribution in [-0.4, -0.2) is 41.0 Å². The maximum Gasteiger partial charge on any atom is 0.273 e. The van der Waals surface area contributed by atoms with Gasteiger partial charge in [0.1, 0.15) is 5.69 Å². The van der Waals surface area contributed by atoms with Crippen LogP contribution in [0.1, 0.15) is 36.2 Å². The van der Waals surface area contributed by atoms with Gasteiger partial charge in [-0.25, -0.2) is 4.98 Å². The molecule has 1 aliphatic carbocycles. The van der Waals surface area contributed by atoms with Crippen molar-refractivity contribution in [3.63, 3.8) is 0 Å². The van der Waals surface area contributed by atoms with E-state index < -0.39 is 0 Å². The van der Waals surface area contributed by atoms with Crippen LogP contribution in [0, 0.1) is 0 Å². The SMILES string of the molecule is O=C(c1ncccc1Br)N(CC1CCCN1)C1CC1. The van der Waals surface area contributed by atoms with Crippen molar-refractivity contribution in [2.24, 2.45) is 0 Å². The average Bonchev–Trinajstić information content (AvgIpc) is 3.13. The highest BCUT2D eigenvalue weighted by molar-refractivity contribution is 9.10. The smallest absolute Gasteiger partial charge is 0.273 e. The summed E-state index contributed by atoms with van der Waals surface area (Å²) in [5.41, 5.74) is 0.535. The highest BCUT2D eigenvalue weighted by atomic mass is 79.9. The van der Waals surface area contributed by atoms with Crippen LogP contribution in [0.15, 0.2) is 22.8 Å². The number of carbonyl (C=O) groups is 1. The molecule has 1 aromatic heterocycles. The minimum Gasteiger partial charge on any atom is -0.333 e. The van der Waals surface area contributed by atoms with Gasteiger partial charge in [-0.15, -0.1) is 0 Å². The van der Waals surface area contributed by atoms with Crippen LogP contribution in [0.25, 0.3) is 0 Å². The van der Waals surface area contributed by atoms with E-state index in [0.29, 0.717) is 17.8 Å². The normalized spacial score (nSPS) is 22.5. The maximum absolute atomic E-state index is 12.6. The molecule has 3 rings (SSSR count). The molecule has 1 unspecified atom stereocenters. The van der Waals surface area contributed by atoms with Gasteiger partial charge < -0.3 is 10.2 Å². The van der Waals surface area contributed by atoms with E-state index in [0.717, 1.165) is 30.4 Å². The number of hydrogen-bond acceptors (Lipinski definition) is 3. The summed E-state index contributed by atoms with van der Waals surface area (Å²) < 4.78 is 0.782. The zero-order chi connectivity index (χ0) is 13.2. The lowest BCUT2D eigenvalue weighted by Gasteiger charge is -2.25. The van der Waals surface area contributed by atoms with Gasteiger partial charge in [-0.3, -0.25) is 4.79 Å². The minimum absolute atomic E-state index is 0.0590. The fraction of sp³-hybridized carbons (Fsp3) is 0.571. The second-order valence-corrected chi connectivity index (χ2v) is 6.17. The number of amides is 1. The molecule has 19 heavy (non-hydrogen) atoms. The third-order valence-electron chi connectivity index (χ3n) is 3.79. The van der Waals surface area contributed by atoms with Gasteiger partial charge in [-0.2, -0.15) is 0 Å². The lowest BCUT2D eigenvalue weighted by atomic mass is 10.2. The molecule has 0 radical (unpaired) electrons. The number of rotatable bonds is 4. The summed E-state index contributed by atoms with van der Waals surface area (Å²) in [6.07, 6.45) is 6.31. The molecule has 1 N–H and O–H groups in total. The van der Waals surface area contributed by atoms with Crippen molar-refractivity contribution in [1.82, 2.24) is 15.2 Å². The molecule has 102 valence electrons. The van der Waals surface area contributed by atoms with Crippen LogP contribution < -0.4 is 5.32 Å². The number of pyridine rings is 1. The Balaban J connectivity index is 1.76. The van der Waals surface area contributed by atoms with Crippen LogP contribution in [0.2, 0.25) is 0 Å². The molecule has 1 amide bonds. The molecule has 4 nitrogen and oxygen atoms in total. The van der Waals surface area contributed by atoms with E-state index in [1.54, 1.807) is 6.20 Å². The Morgan fingerprint density at radius 3 is 2.95 bits per heavy atom. The van der Waals surface area contributed by atoms with Gasteiger partial charge in [0.05, 0.1) is 0 Å². The van der Waals surface area contributed by atoms with E-state index >= 15 is 0 Å². The van der Waals surface area contributed by atoms with Gasteiger partial charge in [0, 0.05) is 29.3 Å². The molecule has 2 aliphatic rings. The standard InChI is InChI=1S/C14H18BrN3O/c15-12-4-2-8-17-13(12)14(19)18(11-5-6-11)9-10-3-1-7-16-10/h2,4,8,10-11,16H,1,3,5-7,9H2. The van der Waals surface area contributed by atoms with Crippen LogP contribution in [0.5, 0.6) is 0 Å². The highest BCUT2D eigenvalue weighted by Crippen LogP contribution is 2.30. The highest BCUT2D eigenvalue weighted by Gasteiger charge is 2.35. The number of halogens is 1. The topological polar surface area (TPSA) is 45.2 Å². The second-order valence-electron chi connectivity index (χ2n) is 5.32. The van der Waals surface area contributed by atoms with E-state index in [4.69, 9.17) is 0 Å². The van der Waals surface area contributed by atoms with Crippen molar-refractivity contribution < 1.29 is 4.79 Å². The summed E-state index contributed by atoms with van der Waals surface area (Å²) in [5.74, 6) is 0.0590. The first-order valence-electron chi connectivity index (χ1n) is 6.90. The number of carbonyl (C=O) groups excluding carboxylic acids is 1. The molecule has 0 bridgehead atoms. The fourth-order valence-corrected chi connectivity index (χ4v) is 3.04. The van der Waals surface area contributed by atoms with Crippen LogP contribution in [0.4, 0.5) is 0 Å². The summed E-state index contributed by atoms with van der Waals surface area (Å²) >= 11 is 3.42. The first kappa shape index (κ1) is 13.1. The van der Waals surface area contributed by atoms with E-state index in [-0.39, 0.29) is 5.91 Å². The zero-order valence-electron chi connectivity index (χ0n) is 10.8. The summed E-state index contributed by atoms with van der Waals surface area (Å²) in [6, 6.07) is 4.58. The van der Waals surface area contributed by atoms with E-state index in [2.05, 4.69) is 26.2 Å². The molecular weight excluding hydrogens is 306 g/mol. The van der Waals surface area contributed by atoms with Crippen LogP contribution >= 0.6 is 15.9 Å². The fourth-order valence-electron chi connectivity index (χ4n) is 2.61. The Hall–Kier alpha value is -0.940. The van der Waals surface area contributed by atoms with Crippen molar-refractivity contribution in [2.75, 3.05) is 13.1 Å². The van der Waals surface area contributed by atoms with E-state index in [1.807, 2.05) is 17.0 Å². The summed E-state index contributed by atoms with van der Waals surface area (Å²) in [5, 5.41) is 3.46. The quantitative estimate of drug-likeness (QED) is 0.924. The van der Waals surface area contributed by atoms with Crippen molar-refractivity contribution in [3.05, 3.63) is 28.5 Å². The third-order valence-corrected chi connectivity index (χ3v) is 4.43. The Morgan fingerprint density at radius 2 is 2.32 bits per heavy atom. The molecule has 2 fully saturated rings. The van der Waals surface area contributed by atoms with Gasteiger partial charge >= 0.3 is 0 Å². The Labute approximate surface area is 121 Å². The number of hydrogen-bond donors (Lipinski definition) is 1. The monoisotopic (exact) mass is 323 g/mol. The number of nitrogens with zero attached hydrogens (tertiary/aromatic N) is 2. The molecule has 0 aromatic carbocycles. The Morgan fingerprint density at radius 1 is 1.47 bits per heavy atom. The predicted octanol–water partition coefficient (Wildman–Crippen LogP) is 2.20. The van der Waals surface area contributed by atoms with Crippen LogP contribution in [-0.2, 0) is 0 Å². The molecule has 2 heterocycles. The molecule has 1 aromatic rings. The van der Waals surface area contributed by atoms with Crippen molar-refractivity contribution in [1.29, 1.82) is 0 Å². The molecule has 5 heteroatoms. The average molecular weight is 324 g/mol. The van der Waals surface area contributed by atoms with Gasteiger partial charge in [0.15, 0.2) is 0 Å². The Bertz CT molecular complexity index is 470. The lowest BCUT2D eigenvalue weighted by Crippen LogP contribution is -2.42. The third kappa shape index (κ3) is 2.98. The zero-order valence-corrected chi connectivity index (χ0v) is 12.4. The largest absolute Gasteiger partial charge is 0.333 e. The summed E-state index contributed by atoms with van der Waals surface area (Å²) in [6.45, 7) is 1.89. The molecular formula is C14H18BrN3O. The minimum atomic E-state index is 0.0590. The van der Waals surface area contributed by atoms with Gasteiger partial charge in [-0.05, 0) is 60.3 Å². The lowest BCUT2D eigenvalue weighted by molar-refractivity contribution is 0.0721. The second kappa shape index (κ2) is 5.59. The maximum atomic E-state index is 12.6. The molecule has 0 spiro atoms. The van der Waals surface area contributed by atoms with Gasteiger partial charge in [-0.1, -0.05) is 0 Å². The van der Waals surface area contributed by atoms with E-state index in [9.17, 15) is 4.79 Å². The van der Waals surface area contributed by atoms with Gasteiger partial charge in [0.2, 0.25) is 0 Å². The summed E-state index contributed by atoms with van der Waals surface area (Å²) in [7, 11) is 0. The molecule has 1 saturated heterocycles. The van der Waals surface area contributed by atoms with Crippen molar-refractivity contribution in [3.8, 4) is 0 Å². The van der Waals surface area contributed by atoms with Crippen molar-refractivity contribution >= 4 is 21.8 Å². The number of nitrogens with one attached hydrogen (secondary N) is 1. The molecule has 1 saturated carbocycles. The van der Waals surface area contributed by atoms with Crippen molar-refractivity contribution in [2.45, 2.75) is 37.8 Å². The number of aromatic nitrogens is 1. The van der Waals surface area contributed by atoms with Gasteiger partial charge in [0.25, 0.3) is 5.91 Å². The predicted molar refractivity (Wildman–Crippen MR) is 77.0 cm³/mol. The van der Waals surface area contributed by atoms with Crippen LogP contribution in [0.3, 0.4) is 0 Å². The first-order chi connectivity index (χ1) is 9.25. The van der Waals surface area contributed by atoms with E-state index in [1.165, 1.54) is 12.8 Å². The Kier molecular flexibility index (Phi) is 3.84. The summed E-state index contributed by atoms with van der Waals surface area (Å²) in [4.78, 5) is 18.9. The first-order valence-corrected chi connectivity index (χ1v) is 7.70. The molecule has 1 atom stereocenters. The molecule has 1 aliphatic heterocycles.